The zero-order valence-electron chi connectivity index (χ0n) is 26.7. The number of esters is 2. The molecule has 1 fully saturated rings. The lowest BCUT2D eigenvalue weighted by molar-refractivity contribution is -0.312. The lowest BCUT2D eigenvalue weighted by atomic mass is 9.79. The van der Waals surface area contributed by atoms with Gasteiger partial charge in [0.15, 0.2) is 0 Å². The summed E-state index contributed by atoms with van der Waals surface area (Å²) in [6.45, 7) is 22.1. The van der Waals surface area contributed by atoms with Crippen LogP contribution in [0.15, 0.2) is 0 Å². The third-order valence-corrected chi connectivity index (χ3v) is 6.58. The van der Waals surface area contributed by atoms with Gasteiger partial charge in [-0.15, -0.1) is 0 Å². The van der Waals surface area contributed by atoms with E-state index in [0.29, 0.717) is 19.3 Å². The Morgan fingerprint density at radius 3 is 1.29 bits per heavy atom. The molecule has 238 valence electrons. The van der Waals surface area contributed by atoms with E-state index in [9.17, 15) is 33.9 Å². The number of carboxylic acid groups (broad SMARTS) is 4. The van der Waals surface area contributed by atoms with E-state index in [0.717, 1.165) is 0 Å². The summed E-state index contributed by atoms with van der Waals surface area (Å²) in [4.78, 5) is 65.2. The minimum absolute atomic E-state index is 0.0581. The molecule has 41 heavy (non-hydrogen) atoms. The normalized spacial score (nSPS) is 20.2. The SMILES string of the molecule is CC(C(=O)O)C(CC(C)(C)C)C(=O)O.CC(C(=O)[O-])C(CC(C)(C)C)C(=O)O.CC1C(=O)OC(=O)C1CC(C)(C)C. The van der Waals surface area contributed by atoms with E-state index in [2.05, 4.69) is 25.5 Å². The molecule has 1 aliphatic heterocycles. The molecule has 0 aromatic rings. The van der Waals surface area contributed by atoms with Crippen LogP contribution in [0.5, 0.6) is 0 Å². The molecule has 0 saturated carbocycles. The van der Waals surface area contributed by atoms with Crippen LogP contribution in [0.3, 0.4) is 0 Å². The van der Waals surface area contributed by atoms with Crippen molar-refractivity contribution in [2.24, 2.45) is 51.8 Å². The number of aliphatic carboxylic acids is 4. The number of rotatable bonds is 9. The Kier molecular flexibility index (Phi) is 15.5. The largest absolute Gasteiger partial charge is 0.550 e. The van der Waals surface area contributed by atoms with Gasteiger partial charge in [-0.2, -0.15) is 0 Å². The van der Waals surface area contributed by atoms with Crippen molar-refractivity contribution in [2.75, 3.05) is 0 Å². The van der Waals surface area contributed by atoms with Gasteiger partial charge in [-0.1, -0.05) is 83.1 Å². The highest BCUT2D eigenvalue weighted by atomic mass is 16.6. The molecular formula is C30H51O11-. The maximum Gasteiger partial charge on any atom is 0.317 e. The highest BCUT2D eigenvalue weighted by Crippen LogP contribution is 2.34. The van der Waals surface area contributed by atoms with Crippen LogP contribution in [-0.4, -0.2) is 51.1 Å². The fourth-order valence-corrected chi connectivity index (χ4v) is 4.17. The second kappa shape index (κ2) is 15.9. The zero-order valence-corrected chi connectivity index (χ0v) is 26.7. The molecule has 1 heterocycles. The van der Waals surface area contributed by atoms with E-state index in [4.69, 9.17) is 15.3 Å². The molecule has 0 radical (unpaired) electrons. The van der Waals surface area contributed by atoms with E-state index in [1.54, 1.807) is 6.92 Å². The van der Waals surface area contributed by atoms with E-state index < -0.39 is 47.5 Å². The molecule has 1 saturated heterocycles. The van der Waals surface area contributed by atoms with Crippen LogP contribution in [0.1, 0.15) is 102 Å². The summed E-state index contributed by atoms with van der Waals surface area (Å²) in [7, 11) is 0. The number of cyclic esters (lactones) is 2. The van der Waals surface area contributed by atoms with Gasteiger partial charge in [0.2, 0.25) is 0 Å². The summed E-state index contributed by atoms with van der Waals surface area (Å²) in [5.41, 5.74) is -0.317. The average molecular weight is 588 g/mol. The number of carbonyl (C=O) groups is 6. The highest BCUT2D eigenvalue weighted by Gasteiger charge is 2.42. The predicted octanol–water partition coefficient (Wildman–Crippen LogP) is 4.11. The molecule has 0 bridgehead atoms. The molecule has 0 aliphatic carbocycles. The van der Waals surface area contributed by atoms with Crippen molar-refractivity contribution in [3.05, 3.63) is 0 Å². The van der Waals surface area contributed by atoms with Crippen molar-refractivity contribution in [3.63, 3.8) is 0 Å². The first-order valence-electron chi connectivity index (χ1n) is 13.8. The van der Waals surface area contributed by atoms with Crippen LogP contribution >= 0.6 is 0 Å². The van der Waals surface area contributed by atoms with E-state index in [-0.39, 0.29) is 40.0 Å². The van der Waals surface area contributed by atoms with Crippen LogP contribution in [0, 0.1) is 51.8 Å². The Bertz CT molecular complexity index is 882. The van der Waals surface area contributed by atoms with Crippen LogP contribution < -0.4 is 5.11 Å². The molecule has 1 rings (SSSR count). The zero-order chi connectivity index (χ0) is 33.3. The summed E-state index contributed by atoms with van der Waals surface area (Å²) in [5, 5.41) is 37.0. The molecule has 11 nitrogen and oxygen atoms in total. The second-order valence-corrected chi connectivity index (χ2v) is 14.6. The van der Waals surface area contributed by atoms with Crippen molar-refractivity contribution >= 4 is 35.8 Å². The Morgan fingerprint density at radius 2 is 1.07 bits per heavy atom. The number of ether oxygens (including phenoxy) is 1. The van der Waals surface area contributed by atoms with Crippen molar-refractivity contribution in [1.82, 2.24) is 0 Å². The van der Waals surface area contributed by atoms with E-state index in [1.165, 1.54) is 13.8 Å². The minimum atomic E-state index is -1.30. The molecule has 3 N–H and O–H groups in total. The molecule has 1 aliphatic rings. The van der Waals surface area contributed by atoms with Crippen molar-refractivity contribution in [2.45, 2.75) is 102 Å². The molecular weight excluding hydrogens is 536 g/mol. The first-order chi connectivity index (χ1) is 18.1. The molecule has 6 atom stereocenters. The van der Waals surface area contributed by atoms with Gasteiger partial charge in [0.1, 0.15) is 0 Å². The number of hydrogen-bond donors (Lipinski definition) is 3. The smallest absolute Gasteiger partial charge is 0.317 e. The molecule has 0 aromatic carbocycles. The Morgan fingerprint density at radius 1 is 0.707 bits per heavy atom. The summed E-state index contributed by atoms with van der Waals surface area (Å²) >= 11 is 0. The number of hydrogen-bond acceptors (Lipinski definition) is 8. The van der Waals surface area contributed by atoms with E-state index >= 15 is 0 Å². The number of carbonyl (C=O) groups excluding carboxylic acids is 3. The fourth-order valence-electron chi connectivity index (χ4n) is 4.17. The monoisotopic (exact) mass is 587 g/mol. The van der Waals surface area contributed by atoms with Crippen molar-refractivity contribution in [1.29, 1.82) is 0 Å². The van der Waals surface area contributed by atoms with E-state index in [1.807, 2.05) is 41.5 Å². The summed E-state index contributed by atoms with van der Waals surface area (Å²) in [5.74, 6) is -9.19. The van der Waals surface area contributed by atoms with Gasteiger partial charge in [-0.05, 0) is 35.5 Å². The minimum Gasteiger partial charge on any atom is -0.550 e. The van der Waals surface area contributed by atoms with Gasteiger partial charge >= 0.3 is 29.8 Å². The van der Waals surface area contributed by atoms with Crippen LogP contribution in [0.4, 0.5) is 0 Å². The van der Waals surface area contributed by atoms with Crippen LogP contribution in [0.2, 0.25) is 0 Å². The van der Waals surface area contributed by atoms with Gasteiger partial charge in [0, 0.05) is 11.9 Å². The van der Waals surface area contributed by atoms with Crippen molar-refractivity contribution in [3.8, 4) is 0 Å². The lowest BCUT2D eigenvalue weighted by Crippen LogP contribution is -2.38. The predicted molar refractivity (Wildman–Crippen MR) is 149 cm³/mol. The van der Waals surface area contributed by atoms with Gasteiger partial charge in [-0.3, -0.25) is 24.0 Å². The third kappa shape index (κ3) is 16.8. The van der Waals surface area contributed by atoms with Gasteiger partial charge in [0.25, 0.3) is 0 Å². The third-order valence-electron chi connectivity index (χ3n) is 6.58. The van der Waals surface area contributed by atoms with Crippen molar-refractivity contribution < 1.29 is 53.9 Å². The first-order valence-corrected chi connectivity index (χ1v) is 13.8. The maximum absolute atomic E-state index is 11.2. The average Bonchev–Trinajstić information content (AvgIpc) is 2.98. The Labute approximate surface area is 244 Å². The fraction of sp³-hybridized carbons (Fsp3) is 0.800. The Balaban J connectivity index is 0. The van der Waals surface area contributed by atoms with Gasteiger partial charge in [-0.25, -0.2) is 0 Å². The lowest BCUT2D eigenvalue weighted by Gasteiger charge is -2.27. The van der Waals surface area contributed by atoms with Gasteiger partial charge in [0.05, 0.1) is 29.6 Å². The quantitative estimate of drug-likeness (QED) is 0.259. The topological polar surface area (TPSA) is 195 Å². The van der Waals surface area contributed by atoms with Crippen LogP contribution in [0.25, 0.3) is 0 Å². The number of carboxylic acids is 4. The summed E-state index contributed by atoms with van der Waals surface area (Å²) in [6, 6.07) is 0. The maximum atomic E-state index is 11.2. The summed E-state index contributed by atoms with van der Waals surface area (Å²) < 4.78 is 4.55. The highest BCUT2D eigenvalue weighted by molar-refractivity contribution is 5.96. The molecule has 0 aromatic heterocycles. The second-order valence-electron chi connectivity index (χ2n) is 14.6. The molecule has 0 spiro atoms. The molecule has 0 amide bonds. The van der Waals surface area contributed by atoms with Crippen LogP contribution in [-0.2, 0) is 33.5 Å². The standard InChI is InChI=1S/2C10H18O4.C10H16O3/c2*1-6(8(11)12)7(9(13)14)5-10(2,3)4;1-6-7(5-10(2,3)4)9(12)13-8(6)11/h2*6-7H,5H2,1-4H3,(H,11,12)(H,13,14);6-7H,5H2,1-4H3/p-1. The summed E-state index contributed by atoms with van der Waals surface area (Å²) in [6.07, 6.45) is 1.41. The van der Waals surface area contributed by atoms with Gasteiger partial charge < -0.3 is 30.0 Å². The first kappa shape index (κ1) is 40.2. The molecule has 11 heteroatoms. The Hall–Kier alpha value is -2.98. The molecule has 6 unspecified atom stereocenters.